The van der Waals surface area contributed by atoms with Crippen LogP contribution in [0, 0.1) is 5.92 Å². The maximum Gasteiger partial charge on any atom is 0.281 e. The lowest BCUT2D eigenvalue weighted by molar-refractivity contribution is 0.301. The number of hydrogen-bond donors (Lipinski definition) is 1. The third-order valence-electron chi connectivity index (χ3n) is 2.95. The number of hydrogen-bond acceptors (Lipinski definition) is 5. The van der Waals surface area contributed by atoms with Gasteiger partial charge in [0, 0.05) is 6.54 Å². The molecule has 0 aromatic heterocycles. The lowest BCUT2D eigenvalue weighted by atomic mass is 10.1. The SMILES string of the molecule is CCCOS(=O)(=O)CN(CC1CCCC1)[SH](=O)=O. The van der Waals surface area contributed by atoms with Crippen molar-refractivity contribution < 1.29 is 21.0 Å². The number of nitrogens with zero attached hydrogens (tertiary/aromatic N) is 1. The first-order valence-electron chi connectivity index (χ1n) is 6.21. The fourth-order valence-corrected chi connectivity index (χ4v) is 4.22. The highest BCUT2D eigenvalue weighted by atomic mass is 32.2. The van der Waals surface area contributed by atoms with Gasteiger partial charge in [0.15, 0.2) is 0 Å². The van der Waals surface area contributed by atoms with Gasteiger partial charge in [0.05, 0.1) is 6.61 Å². The summed E-state index contributed by atoms with van der Waals surface area (Å²) >= 11 is 0. The Bertz CT molecular complexity index is 404. The predicted molar refractivity (Wildman–Crippen MR) is 69.0 cm³/mol. The Kier molecular flexibility index (Phi) is 6.54. The van der Waals surface area contributed by atoms with Crippen LogP contribution in [0.2, 0.25) is 0 Å². The van der Waals surface area contributed by atoms with Gasteiger partial charge < -0.3 is 0 Å². The van der Waals surface area contributed by atoms with Gasteiger partial charge >= 0.3 is 0 Å². The predicted octanol–water partition coefficient (Wildman–Crippen LogP) is 0.719. The molecule has 0 heterocycles. The normalized spacial score (nSPS) is 17.9. The van der Waals surface area contributed by atoms with Crippen LogP contribution in [0.4, 0.5) is 0 Å². The molecule has 0 aromatic carbocycles. The van der Waals surface area contributed by atoms with Gasteiger partial charge in [-0.05, 0) is 25.2 Å². The lowest BCUT2D eigenvalue weighted by Crippen LogP contribution is -2.33. The maximum absolute atomic E-state index is 11.5. The minimum absolute atomic E-state index is 0.0925. The molecule has 0 aromatic rings. The fourth-order valence-electron chi connectivity index (χ4n) is 2.09. The summed E-state index contributed by atoms with van der Waals surface area (Å²) in [5.41, 5.74) is 0. The van der Waals surface area contributed by atoms with Crippen LogP contribution in [0.3, 0.4) is 0 Å². The molecule has 0 unspecified atom stereocenters. The molecule has 0 bridgehead atoms. The molecule has 8 heteroatoms. The van der Waals surface area contributed by atoms with Crippen LogP contribution in [0.5, 0.6) is 0 Å². The summed E-state index contributed by atoms with van der Waals surface area (Å²) in [4.78, 5) is 0. The van der Waals surface area contributed by atoms with E-state index in [1.165, 1.54) is 0 Å². The fraction of sp³-hybridized carbons (Fsp3) is 1.00. The molecule has 0 atom stereocenters. The molecule has 0 radical (unpaired) electrons. The molecule has 1 aliphatic carbocycles. The van der Waals surface area contributed by atoms with Crippen molar-refractivity contribution in [3.05, 3.63) is 0 Å². The summed E-state index contributed by atoms with van der Waals surface area (Å²) in [6.07, 6.45) is 4.69. The van der Waals surface area contributed by atoms with E-state index in [4.69, 9.17) is 0 Å². The average Bonchev–Trinajstić information content (AvgIpc) is 2.78. The third kappa shape index (κ3) is 5.64. The highest BCUT2D eigenvalue weighted by Crippen LogP contribution is 2.25. The zero-order valence-corrected chi connectivity index (χ0v) is 12.3. The molecule has 1 fully saturated rings. The van der Waals surface area contributed by atoms with Gasteiger partial charge in [0.1, 0.15) is 5.88 Å². The summed E-state index contributed by atoms with van der Waals surface area (Å²) in [6, 6.07) is 0. The Balaban J connectivity index is 2.56. The molecular weight excluding hydrogens is 278 g/mol. The lowest BCUT2D eigenvalue weighted by Gasteiger charge is -2.18. The van der Waals surface area contributed by atoms with Gasteiger partial charge in [-0.1, -0.05) is 19.8 Å². The van der Waals surface area contributed by atoms with Crippen molar-refractivity contribution in [1.29, 1.82) is 0 Å². The van der Waals surface area contributed by atoms with Crippen LogP contribution in [0.15, 0.2) is 0 Å². The summed E-state index contributed by atoms with van der Waals surface area (Å²) in [6.45, 7) is 2.17. The summed E-state index contributed by atoms with van der Waals surface area (Å²) in [7, 11) is -6.67. The molecule has 0 amide bonds. The first kappa shape index (κ1) is 15.9. The van der Waals surface area contributed by atoms with Crippen LogP contribution >= 0.6 is 0 Å². The molecule has 0 saturated heterocycles. The highest BCUT2D eigenvalue weighted by molar-refractivity contribution is 7.87. The van der Waals surface area contributed by atoms with Crippen LogP contribution in [0.25, 0.3) is 0 Å². The van der Waals surface area contributed by atoms with E-state index in [0.717, 1.165) is 30.0 Å². The van der Waals surface area contributed by atoms with E-state index in [0.29, 0.717) is 6.42 Å². The first-order chi connectivity index (χ1) is 8.44. The van der Waals surface area contributed by atoms with E-state index in [-0.39, 0.29) is 19.1 Å². The molecule has 1 rings (SSSR count). The van der Waals surface area contributed by atoms with Crippen LogP contribution in [0.1, 0.15) is 39.0 Å². The molecule has 0 N–H and O–H groups in total. The Hall–Kier alpha value is -0.180. The zero-order valence-electron chi connectivity index (χ0n) is 10.6. The molecular formula is C10H21NO5S2. The van der Waals surface area contributed by atoms with E-state index in [1.54, 1.807) is 6.92 Å². The molecule has 1 saturated carbocycles. The summed E-state index contributed by atoms with van der Waals surface area (Å²) in [5, 5.41) is 0. The van der Waals surface area contributed by atoms with Crippen molar-refractivity contribution in [1.82, 2.24) is 4.31 Å². The van der Waals surface area contributed by atoms with Crippen molar-refractivity contribution in [2.45, 2.75) is 39.0 Å². The summed E-state index contributed by atoms with van der Waals surface area (Å²) < 4.78 is 50.9. The zero-order chi connectivity index (χ0) is 13.6. The van der Waals surface area contributed by atoms with E-state index >= 15 is 0 Å². The number of thiol groups is 1. The molecule has 0 spiro atoms. The second-order valence-electron chi connectivity index (χ2n) is 4.59. The second-order valence-corrected chi connectivity index (χ2v) is 7.24. The Morgan fingerprint density at radius 3 is 2.39 bits per heavy atom. The van der Waals surface area contributed by atoms with E-state index in [1.807, 2.05) is 0 Å². The average molecular weight is 299 g/mol. The standard InChI is InChI=1S/C10H21NO5S2/c1-2-7-16-18(14,15)9-11(17(12)13)8-10-5-3-4-6-10/h10,17H,2-9H2,1H3. The molecule has 18 heavy (non-hydrogen) atoms. The minimum Gasteiger partial charge on any atom is -0.269 e. The van der Waals surface area contributed by atoms with Gasteiger partial charge in [-0.2, -0.15) is 12.7 Å². The summed E-state index contributed by atoms with van der Waals surface area (Å²) in [5.74, 6) is -0.290. The largest absolute Gasteiger partial charge is 0.281 e. The van der Waals surface area contributed by atoms with Crippen molar-refractivity contribution in [2.75, 3.05) is 19.0 Å². The van der Waals surface area contributed by atoms with Gasteiger partial charge in [0.2, 0.25) is 10.9 Å². The van der Waals surface area contributed by atoms with E-state index < -0.39 is 26.9 Å². The van der Waals surface area contributed by atoms with Crippen molar-refractivity contribution in [3.8, 4) is 0 Å². The number of rotatable bonds is 8. The van der Waals surface area contributed by atoms with Crippen molar-refractivity contribution in [2.24, 2.45) is 5.92 Å². The molecule has 0 aliphatic heterocycles. The molecule has 108 valence electrons. The topological polar surface area (TPSA) is 80.8 Å². The Morgan fingerprint density at radius 1 is 1.28 bits per heavy atom. The third-order valence-corrected chi connectivity index (χ3v) is 5.06. The minimum atomic E-state index is -3.79. The monoisotopic (exact) mass is 299 g/mol. The van der Waals surface area contributed by atoms with E-state index in [2.05, 4.69) is 4.18 Å². The van der Waals surface area contributed by atoms with Crippen LogP contribution in [-0.2, 0) is 25.2 Å². The maximum atomic E-state index is 11.5. The van der Waals surface area contributed by atoms with Crippen LogP contribution < -0.4 is 0 Å². The molecule has 6 nitrogen and oxygen atoms in total. The van der Waals surface area contributed by atoms with E-state index in [9.17, 15) is 16.8 Å². The van der Waals surface area contributed by atoms with Gasteiger partial charge in [-0.3, -0.25) is 4.18 Å². The smallest absolute Gasteiger partial charge is 0.269 e. The second kappa shape index (κ2) is 7.42. The highest BCUT2D eigenvalue weighted by Gasteiger charge is 2.24. The van der Waals surface area contributed by atoms with Gasteiger partial charge in [0.25, 0.3) is 10.1 Å². The van der Waals surface area contributed by atoms with Gasteiger partial charge in [-0.25, -0.2) is 8.42 Å². The molecule has 1 aliphatic rings. The Labute approximate surface area is 111 Å². The Morgan fingerprint density at radius 2 is 1.89 bits per heavy atom. The first-order valence-corrected chi connectivity index (χ1v) is 8.91. The quantitative estimate of drug-likeness (QED) is 0.527. The van der Waals surface area contributed by atoms with Crippen molar-refractivity contribution in [3.63, 3.8) is 0 Å². The van der Waals surface area contributed by atoms with Crippen LogP contribution in [-0.4, -0.2) is 40.2 Å². The van der Waals surface area contributed by atoms with Crippen molar-refractivity contribution >= 4 is 21.0 Å². The van der Waals surface area contributed by atoms with Gasteiger partial charge in [-0.15, -0.1) is 0 Å².